The zero-order valence-electron chi connectivity index (χ0n) is 15.4. The van der Waals surface area contributed by atoms with Gasteiger partial charge in [-0.3, -0.25) is 19.3 Å². The second-order valence-electron chi connectivity index (χ2n) is 6.91. The first-order valence-corrected chi connectivity index (χ1v) is 9.71. The Morgan fingerprint density at radius 3 is 2.50 bits per heavy atom. The summed E-state index contributed by atoms with van der Waals surface area (Å²) in [6.45, 7) is 5.48. The van der Waals surface area contributed by atoms with Crippen LogP contribution in [0, 0.1) is 0 Å². The normalized spacial score (nSPS) is 15.6. The van der Waals surface area contributed by atoms with Crippen LogP contribution < -0.4 is 0 Å². The molecular weight excluding hydrogens is 394 g/mol. The highest BCUT2D eigenvalue weighted by Gasteiger charge is 2.22. The molecule has 1 aromatic heterocycles. The molecule has 0 bridgehead atoms. The molecule has 3 rings (SSSR count). The Bertz CT molecular complexity index is 725. The molecule has 1 aromatic carbocycles. The predicted molar refractivity (Wildman–Crippen MR) is 106 cm³/mol. The van der Waals surface area contributed by atoms with E-state index in [4.69, 9.17) is 0 Å². The average Bonchev–Trinajstić information content (AvgIpc) is 2.93. The molecule has 7 heteroatoms. The number of aromatic nitrogens is 2. The van der Waals surface area contributed by atoms with Crippen LogP contribution in [0.4, 0.5) is 0 Å². The molecule has 1 aliphatic rings. The van der Waals surface area contributed by atoms with E-state index < -0.39 is 0 Å². The highest BCUT2D eigenvalue weighted by atomic mass is 79.9. The second-order valence-corrected chi connectivity index (χ2v) is 7.77. The van der Waals surface area contributed by atoms with E-state index in [0.29, 0.717) is 13.1 Å². The van der Waals surface area contributed by atoms with Gasteiger partial charge in [0.1, 0.15) is 0 Å². The minimum atomic E-state index is 0.193. The van der Waals surface area contributed by atoms with Crippen molar-refractivity contribution in [1.82, 2.24) is 24.5 Å². The van der Waals surface area contributed by atoms with E-state index in [9.17, 15) is 4.79 Å². The van der Waals surface area contributed by atoms with Gasteiger partial charge in [0.05, 0.1) is 16.7 Å². The van der Waals surface area contributed by atoms with Crippen LogP contribution in [0.2, 0.25) is 0 Å². The summed E-state index contributed by atoms with van der Waals surface area (Å²) in [5, 5.41) is 4.42. The van der Waals surface area contributed by atoms with Crippen LogP contribution in [-0.2, 0) is 24.9 Å². The lowest BCUT2D eigenvalue weighted by Gasteiger charge is -2.35. The minimum absolute atomic E-state index is 0.193. The summed E-state index contributed by atoms with van der Waals surface area (Å²) in [4.78, 5) is 19.0. The highest BCUT2D eigenvalue weighted by Crippen LogP contribution is 2.16. The van der Waals surface area contributed by atoms with E-state index >= 15 is 0 Å². The van der Waals surface area contributed by atoms with Gasteiger partial charge < -0.3 is 4.90 Å². The number of hydrogen-bond donors (Lipinski definition) is 0. The Hall–Kier alpha value is -1.70. The van der Waals surface area contributed by atoms with Crippen LogP contribution in [0.3, 0.4) is 0 Å². The van der Waals surface area contributed by atoms with Crippen LogP contribution in [0.25, 0.3) is 0 Å². The molecule has 2 heterocycles. The standard InChI is InChI=1S/C19H26BrN5O/c1-22(14-18-17(20)13-23(2)21-18)15-19(26)25-10-8-24(9-11-25)12-16-6-4-3-5-7-16/h3-7,13H,8-12,14-15H2,1-2H3. The van der Waals surface area contributed by atoms with Gasteiger partial charge in [-0.25, -0.2) is 0 Å². The van der Waals surface area contributed by atoms with Crippen molar-refractivity contribution in [2.45, 2.75) is 13.1 Å². The predicted octanol–water partition coefficient (Wildman–Crippen LogP) is 1.96. The van der Waals surface area contributed by atoms with Crippen LogP contribution >= 0.6 is 15.9 Å². The summed E-state index contributed by atoms with van der Waals surface area (Å²) in [6.07, 6.45) is 1.93. The number of aryl methyl sites for hydroxylation is 1. The molecule has 6 nitrogen and oxygen atoms in total. The number of benzene rings is 1. The second kappa shape index (κ2) is 8.79. The van der Waals surface area contributed by atoms with E-state index in [-0.39, 0.29) is 5.91 Å². The van der Waals surface area contributed by atoms with Gasteiger partial charge in [-0.1, -0.05) is 30.3 Å². The fraction of sp³-hybridized carbons (Fsp3) is 0.474. The summed E-state index contributed by atoms with van der Waals surface area (Å²) in [5.74, 6) is 0.193. The van der Waals surface area contributed by atoms with Gasteiger partial charge in [0.2, 0.25) is 5.91 Å². The molecule has 1 aliphatic heterocycles. The first-order valence-electron chi connectivity index (χ1n) is 8.92. The minimum Gasteiger partial charge on any atom is -0.339 e. The Morgan fingerprint density at radius 2 is 1.88 bits per heavy atom. The molecule has 26 heavy (non-hydrogen) atoms. The summed E-state index contributed by atoms with van der Waals surface area (Å²) in [6, 6.07) is 10.5. The first-order chi connectivity index (χ1) is 12.5. The van der Waals surface area contributed by atoms with Crippen molar-refractivity contribution >= 4 is 21.8 Å². The average molecular weight is 420 g/mol. The molecule has 0 aliphatic carbocycles. The van der Waals surface area contributed by atoms with Crippen LogP contribution in [-0.4, -0.2) is 70.2 Å². The molecule has 2 aromatic rings. The first kappa shape index (κ1) is 19.1. The van der Waals surface area contributed by atoms with E-state index in [2.05, 4.69) is 50.2 Å². The molecule has 1 amide bonds. The maximum atomic E-state index is 12.6. The van der Waals surface area contributed by atoms with Crippen LogP contribution in [0.5, 0.6) is 0 Å². The van der Waals surface area contributed by atoms with Gasteiger partial charge >= 0.3 is 0 Å². The van der Waals surface area contributed by atoms with Crippen molar-refractivity contribution in [2.75, 3.05) is 39.8 Å². The third kappa shape index (κ3) is 5.16. The number of carbonyl (C=O) groups is 1. The maximum absolute atomic E-state index is 12.6. The van der Waals surface area contributed by atoms with E-state index in [0.717, 1.165) is 42.9 Å². The number of amides is 1. The fourth-order valence-corrected chi connectivity index (χ4v) is 3.75. The zero-order valence-corrected chi connectivity index (χ0v) is 17.0. The third-order valence-electron chi connectivity index (χ3n) is 4.65. The molecule has 0 unspecified atom stereocenters. The highest BCUT2D eigenvalue weighted by molar-refractivity contribution is 9.10. The Balaban J connectivity index is 1.44. The zero-order chi connectivity index (χ0) is 18.5. The fourth-order valence-electron chi connectivity index (χ4n) is 3.25. The van der Waals surface area contributed by atoms with E-state index in [1.807, 2.05) is 36.2 Å². The van der Waals surface area contributed by atoms with Gasteiger partial charge in [0.15, 0.2) is 0 Å². The number of carbonyl (C=O) groups excluding carboxylic acids is 1. The number of halogens is 1. The quantitative estimate of drug-likeness (QED) is 0.717. The summed E-state index contributed by atoms with van der Waals surface area (Å²) in [5.41, 5.74) is 2.28. The molecule has 0 radical (unpaired) electrons. The van der Waals surface area contributed by atoms with Crippen molar-refractivity contribution in [3.8, 4) is 0 Å². The molecule has 0 atom stereocenters. The Morgan fingerprint density at radius 1 is 1.19 bits per heavy atom. The molecule has 0 saturated carbocycles. The molecule has 0 N–H and O–H groups in total. The largest absolute Gasteiger partial charge is 0.339 e. The maximum Gasteiger partial charge on any atom is 0.236 e. The Kier molecular flexibility index (Phi) is 6.45. The van der Waals surface area contributed by atoms with Crippen LogP contribution in [0.15, 0.2) is 41.0 Å². The van der Waals surface area contributed by atoms with Gasteiger partial charge in [-0.2, -0.15) is 5.10 Å². The lowest BCUT2D eigenvalue weighted by atomic mass is 10.2. The van der Waals surface area contributed by atoms with Crippen molar-refractivity contribution in [2.24, 2.45) is 7.05 Å². The molecule has 140 valence electrons. The van der Waals surface area contributed by atoms with Gasteiger partial charge in [0, 0.05) is 52.5 Å². The van der Waals surface area contributed by atoms with Crippen LogP contribution in [0.1, 0.15) is 11.3 Å². The van der Waals surface area contributed by atoms with Crippen molar-refractivity contribution in [1.29, 1.82) is 0 Å². The lowest BCUT2D eigenvalue weighted by molar-refractivity contribution is -0.134. The number of nitrogens with zero attached hydrogens (tertiary/aromatic N) is 5. The SMILES string of the molecule is CN(CC(=O)N1CCN(Cc2ccccc2)CC1)Cc1nn(C)cc1Br. The van der Waals surface area contributed by atoms with Crippen molar-refractivity contribution < 1.29 is 4.79 Å². The Labute approximate surface area is 163 Å². The van der Waals surface area contributed by atoms with Crippen molar-refractivity contribution in [3.05, 3.63) is 52.3 Å². The monoisotopic (exact) mass is 419 g/mol. The number of rotatable bonds is 6. The van der Waals surface area contributed by atoms with Gasteiger partial charge in [-0.15, -0.1) is 0 Å². The van der Waals surface area contributed by atoms with Crippen molar-refractivity contribution in [3.63, 3.8) is 0 Å². The number of hydrogen-bond acceptors (Lipinski definition) is 4. The molecule has 0 spiro atoms. The van der Waals surface area contributed by atoms with Gasteiger partial charge in [-0.05, 0) is 28.5 Å². The topological polar surface area (TPSA) is 44.6 Å². The molecular formula is C19H26BrN5O. The van der Waals surface area contributed by atoms with E-state index in [1.54, 1.807) is 4.68 Å². The lowest BCUT2D eigenvalue weighted by Crippen LogP contribution is -2.50. The summed E-state index contributed by atoms with van der Waals surface area (Å²) < 4.78 is 2.76. The summed E-state index contributed by atoms with van der Waals surface area (Å²) in [7, 11) is 3.86. The summed E-state index contributed by atoms with van der Waals surface area (Å²) >= 11 is 3.51. The smallest absolute Gasteiger partial charge is 0.236 e. The number of likely N-dealkylation sites (N-methyl/N-ethyl adjacent to an activating group) is 1. The molecule has 1 saturated heterocycles. The third-order valence-corrected chi connectivity index (χ3v) is 5.32. The molecule has 1 fully saturated rings. The van der Waals surface area contributed by atoms with E-state index in [1.165, 1.54) is 5.56 Å². The number of piperazine rings is 1. The van der Waals surface area contributed by atoms with Gasteiger partial charge in [0.25, 0.3) is 0 Å².